The van der Waals surface area contributed by atoms with E-state index in [0.717, 1.165) is 10.6 Å². The minimum absolute atomic E-state index is 0.0474. The van der Waals surface area contributed by atoms with Crippen molar-refractivity contribution in [3.63, 3.8) is 0 Å². The first-order chi connectivity index (χ1) is 15.9. The van der Waals surface area contributed by atoms with Crippen molar-refractivity contribution < 1.29 is 28.7 Å². The van der Waals surface area contributed by atoms with Crippen molar-refractivity contribution >= 4 is 35.2 Å². The summed E-state index contributed by atoms with van der Waals surface area (Å²) in [6, 6.07) is 6.95. The van der Waals surface area contributed by atoms with Gasteiger partial charge in [0.15, 0.2) is 0 Å². The lowest BCUT2D eigenvalue weighted by molar-refractivity contribution is -0.138. The van der Waals surface area contributed by atoms with Gasteiger partial charge in [-0.25, -0.2) is 4.79 Å². The molecule has 4 rings (SSSR count). The second-order valence-electron chi connectivity index (χ2n) is 7.19. The lowest BCUT2D eigenvalue weighted by atomic mass is 10.1. The molecule has 0 N–H and O–H groups in total. The first-order valence-electron chi connectivity index (χ1n) is 10.8. The second kappa shape index (κ2) is 10.3. The van der Waals surface area contributed by atoms with Crippen LogP contribution in [0.25, 0.3) is 0 Å². The zero-order valence-electron chi connectivity index (χ0n) is 18.8. The lowest BCUT2D eigenvalue weighted by Gasteiger charge is -2.27. The van der Waals surface area contributed by atoms with Crippen LogP contribution in [-0.2, 0) is 23.9 Å². The topological polar surface area (TPSA) is 96.5 Å². The summed E-state index contributed by atoms with van der Waals surface area (Å²) in [5.74, 6) is -1.08. The normalized spacial score (nSPS) is 20.7. The van der Waals surface area contributed by atoms with Gasteiger partial charge in [-0.2, -0.15) is 0 Å². The summed E-state index contributed by atoms with van der Waals surface area (Å²) in [6.07, 6.45) is 1.41. The van der Waals surface area contributed by atoms with Crippen molar-refractivity contribution in [1.29, 1.82) is 0 Å². The van der Waals surface area contributed by atoms with E-state index in [1.807, 2.05) is 13.8 Å². The van der Waals surface area contributed by atoms with Crippen molar-refractivity contribution in [2.75, 3.05) is 42.6 Å². The van der Waals surface area contributed by atoms with E-state index in [1.165, 1.54) is 17.1 Å². The summed E-state index contributed by atoms with van der Waals surface area (Å²) in [7, 11) is 0. The molecule has 9 heteroatoms. The molecule has 0 aromatic heterocycles. The number of carbonyl (C=O) groups excluding carboxylic acids is 4. The van der Waals surface area contributed by atoms with Gasteiger partial charge >= 0.3 is 6.09 Å². The van der Waals surface area contributed by atoms with Crippen LogP contribution in [0, 0.1) is 0 Å². The number of carbonyl (C=O) groups is 4. The highest BCUT2D eigenvalue weighted by molar-refractivity contribution is 6.21. The molecule has 1 atom stereocenters. The van der Waals surface area contributed by atoms with E-state index in [1.54, 1.807) is 29.2 Å². The number of nitrogens with zero attached hydrogens (tertiary/aromatic N) is 3. The van der Waals surface area contributed by atoms with E-state index in [9.17, 15) is 19.2 Å². The predicted octanol–water partition coefficient (Wildman–Crippen LogP) is 2.44. The highest BCUT2D eigenvalue weighted by Gasteiger charge is 2.40. The molecule has 1 aromatic rings. The summed E-state index contributed by atoms with van der Waals surface area (Å²) < 4.78 is 10.5. The molecular formula is C24H27N3O6. The van der Waals surface area contributed by atoms with Gasteiger partial charge in [0.1, 0.15) is 12.7 Å². The van der Waals surface area contributed by atoms with Gasteiger partial charge in [0.2, 0.25) is 0 Å². The molecule has 1 unspecified atom stereocenters. The molecule has 0 aliphatic carbocycles. The number of rotatable bonds is 6. The van der Waals surface area contributed by atoms with Crippen LogP contribution in [0.1, 0.15) is 13.8 Å². The molecule has 174 valence electrons. The summed E-state index contributed by atoms with van der Waals surface area (Å²) in [5, 5.41) is 0. The molecule has 1 aromatic carbocycles. The molecule has 3 aliphatic rings. The van der Waals surface area contributed by atoms with E-state index in [-0.39, 0.29) is 36.7 Å². The standard InChI is InChI=1S/C22H21N3O6.C2H6/c1-3-17-18(4-2)21(28)25(20(17)27)12-16-11-24(22(29)31-16)15-7-5-14(6-8-15)23-9-10-30-13-19(23)26;1-2/h3-8,16H,1-2,9-13H2;1-2H3. The first kappa shape index (κ1) is 23.9. The van der Waals surface area contributed by atoms with Crippen LogP contribution in [0.2, 0.25) is 0 Å². The van der Waals surface area contributed by atoms with Gasteiger partial charge in [-0.1, -0.05) is 39.2 Å². The fourth-order valence-corrected chi connectivity index (χ4v) is 3.81. The lowest BCUT2D eigenvalue weighted by Crippen LogP contribution is -2.41. The maximum Gasteiger partial charge on any atom is 0.414 e. The van der Waals surface area contributed by atoms with Gasteiger partial charge in [0.05, 0.1) is 30.8 Å². The second-order valence-corrected chi connectivity index (χ2v) is 7.19. The largest absolute Gasteiger partial charge is 0.442 e. The molecule has 0 spiro atoms. The van der Waals surface area contributed by atoms with Gasteiger partial charge in [-0.05, 0) is 24.3 Å². The van der Waals surface area contributed by atoms with E-state index in [4.69, 9.17) is 9.47 Å². The Hall–Kier alpha value is -3.72. The zero-order valence-corrected chi connectivity index (χ0v) is 18.8. The molecule has 0 radical (unpaired) electrons. The number of cyclic esters (lactones) is 1. The van der Waals surface area contributed by atoms with Crippen LogP contribution >= 0.6 is 0 Å². The summed E-state index contributed by atoms with van der Waals surface area (Å²) in [6.45, 7) is 12.2. The molecule has 0 saturated carbocycles. The van der Waals surface area contributed by atoms with Crippen LogP contribution in [0.5, 0.6) is 0 Å². The molecule has 0 bridgehead atoms. The van der Waals surface area contributed by atoms with Crippen molar-refractivity contribution in [1.82, 2.24) is 4.90 Å². The molecule has 4 amide bonds. The Labute approximate surface area is 192 Å². The monoisotopic (exact) mass is 453 g/mol. The van der Waals surface area contributed by atoms with Crippen LogP contribution in [0.3, 0.4) is 0 Å². The van der Waals surface area contributed by atoms with Crippen LogP contribution in [0.15, 0.2) is 60.7 Å². The number of morpholine rings is 1. The Morgan fingerprint density at radius 3 is 2.00 bits per heavy atom. The number of anilines is 2. The van der Waals surface area contributed by atoms with Crippen LogP contribution in [-0.4, -0.2) is 67.7 Å². The predicted molar refractivity (Wildman–Crippen MR) is 123 cm³/mol. The highest BCUT2D eigenvalue weighted by atomic mass is 16.6. The zero-order chi connectivity index (χ0) is 24.1. The molecule has 2 saturated heterocycles. The van der Waals surface area contributed by atoms with Gasteiger partial charge in [0, 0.05) is 17.9 Å². The first-order valence-corrected chi connectivity index (χ1v) is 10.8. The third-order valence-electron chi connectivity index (χ3n) is 5.37. The van der Waals surface area contributed by atoms with Crippen LogP contribution < -0.4 is 9.80 Å². The van der Waals surface area contributed by atoms with E-state index in [0.29, 0.717) is 18.8 Å². The number of hydrogen-bond donors (Lipinski definition) is 0. The van der Waals surface area contributed by atoms with Crippen molar-refractivity contribution in [3.05, 3.63) is 60.7 Å². The van der Waals surface area contributed by atoms with Gasteiger partial charge in [-0.3, -0.25) is 24.2 Å². The Morgan fingerprint density at radius 2 is 1.48 bits per heavy atom. The highest BCUT2D eigenvalue weighted by Crippen LogP contribution is 2.28. The Balaban J connectivity index is 0.00000149. The van der Waals surface area contributed by atoms with Crippen molar-refractivity contribution in [2.45, 2.75) is 20.0 Å². The smallest absolute Gasteiger partial charge is 0.414 e. The fourth-order valence-electron chi connectivity index (χ4n) is 3.81. The average molecular weight is 453 g/mol. The summed E-state index contributed by atoms with van der Waals surface area (Å²) in [5.41, 5.74) is 1.69. The van der Waals surface area contributed by atoms with Gasteiger partial charge in [-0.15, -0.1) is 0 Å². The average Bonchev–Trinajstić information content (AvgIpc) is 3.32. The molecule has 3 heterocycles. The molecule has 2 fully saturated rings. The third-order valence-corrected chi connectivity index (χ3v) is 5.37. The number of hydrogen-bond acceptors (Lipinski definition) is 6. The maximum absolute atomic E-state index is 12.5. The van der Waals surface area contributed by atoms with Gasteiger partial charge < -0.3 is 14.4 Å². The quantitative estimate of drug-likeness (QED) is 0.614. The molecule has 33 heavy (non-hydrogen) atoms. The molecule has 3 aliphatic heterocycles. The van der Waals surface area contributed by atoms with Crippen LogP contribution in [0.4, 0.5) is 16.2 Å². The number of amides is 4. The van der Waals surface area contributed by atoms with Crippen molar-refractivity contribution in [3.8, 4) is 0 Å². The summed E-state index contributed by atoms with van der Waals surface area (Å²) in [4.78, 5) is 53.4. The van der Waals surface area contributed by atoms with E-state index < -0.39 is 24.0 Å². The number of benzene rings is 1. The third kappa shape index (κ3) is 4.58. The van der Waals surface area contributed by atoms with E-state index in [2.05, 4.69) is 13.2 Å². The Morgan fingerprint density at radius 1 is 0.939 bits per heavy atom. The molecule has 9 nitrogen and oxygen atoms in total. The SMILES string of the molecule is C=CC1=C(C=C)C(=O)N(CC2CN(c3ccc(N4CCOCC4=O)cc3)C(=O)O2)C1=O.CC. The van der Waals surface area contributed by atoms with Crippen molar-refractivity contribution in [2.24, 2.45) is 0 Å². The Bertz CT molecular complexity index is 984. The van der Waals surface area contributed by atoms with E-state index >= 15 is 0 Å². The number of ether oxygens (including phenoxy) is 2. The summed E-state index contributed by atoms with van der Waals surface area (Å²) >= 11 is 0. The molecular weight excluding hydrogens is 426 g/mol. The van der Waals surface area contributed by atoms with Gasteiger partial charge in [0.25, 0.3) is 17.7 Å². The minimum atomic E-state index is -0.670. The Kier molecular flexibility index (Phi) is 7.44. The number of imide groups is 1. The fraction of sp³-hybridized carbons (Fsp3) is 0.333. The minimum Gasteiger partial charge on any atom is -0.442 e. The maximum atomic E-state index is 12.5.